The van der Waals surface area contributed by atoms with Crippen LogP contribution in [0.3, 0.4) is 0 Å². The standard InChI is InChI=1S/C16H20N2O2S/c19-11-3-5-14-4-1-2-6-15(14)16(20)17-7-8-18-9-12-21-13-10-18/h1-2,4,6,19H,7-13H2,(H,17,20). The fourth-order valence-corrected chi connectivity index (χ4v) is 3.15. The number of nitrogens with one attached hydrogen (secondary N) is 1. The van der Waals surface area contributed by atoms with Crippen molar-refractivity contribution in [2.24, 2.45) is 0 Å². The molecule has 1 aliphatic rings. The quantitative estimate of drug-likeness (QED) is 0.808. The van der Waals surface area contributed by atoms with Gasteiger partial charge in [-0.2, -0.15) is 11.8 Å². The van der Waals surface area contributed by atoms with Gasteiger partial charge in [-0.1, -0.05) is 24.0 Å². The Morgan fingerprint density at radius 3 is 2.86 bits per heavy atom. The van der Waals surface area contributed by atoms with Gasteiger partial charge in [0, 0.05) is 43.2 Å². The summed E-state index contributed by atoms with van der Waals surface area (Å²) in [5.74, 6) is 7.63. The second-order valence-corrected chi connectivity index (χ2v) is 5.94. The Balaban J connectivity index is 1.88. The van der Waals surface area contributed by atoms with Crippen molar-refractivity contribution >= 4 is 17.7 Å². The monoisotopic (exact) mass is 304 g/mol. The van der Waals surface area contributed by atoms with Crippen LogP contribution >= 0.6 is 11.8 Å². The van der Waals surface area contributed by atoms with E-state index in [0.717, 1.165) is 19.6 Å². The molecule has 1 saturated heterocycles. The zero-order valence-electron chi connectivity index (χ0n) is 12.0. The molecule has 1 amide bonds. The van der Waals surface area contributed by atoms with Crippen LogP contribution in [-0.4, -0.2) is 60.2 Å². The number of amides is 1. The molecule has 1 fully saturated rings. The van der Waals surface area contributed by atoms with Gasteiger partial charge in [-0.3, -0.25) is 9.69 Å². The molecular formula is C16H20N2O2S. The molecule has 0 aliphatic carbocycles. The number of thioether (sulfide) groups is 1. The van der Waals surface area contributed by atoms with Crippen LogP contribution in [0.2, 0.25) is 0 Å². The summed E-state index contributed by atoms with van der Waals surface area (Å²) in [6.07, 6.45) is 0. The Hall–Kier alpha value is -1.48. The number of hydrogen-bond donors (Lipinski definition) is 2. The summed E-state index contributed by atoms with van der Waals surface area (Å²) in [7, 11) is 0. The molecule has 0 saturated carbocycles. The van der Waals surface area contributed by atoms with Crippen molar-refractivity contribution in [3.05, 3.63) is 35.4 Å². The zero-order chi connectivity index (χ0) is 14.9. The molecule has 1 heterocycles. The molecule has 1 aromatic rings. The van der Waals surface area contributed by atoms with Gasteiger partial charge in [0.05, 0.1) is 5.56 Å². The van der Waals surface area contributed by atoms with Crippen LogP contribution in [0.25, 0.3) is 0 Å². The minimum absolute atomic E-state index is 0.107. The Bertz CT molecular complexity index is 531. The normalized spacial score (nSPS) is 15.1. The van der Waals surface area contributed by atoms with Crippen LogP contribution in [0.1, 0.15) is 15.9 Å². The van der Waals surface area contributed by atoms with E-state index in [-0.39, 0.29) is 12.5 Å². The average Bonchev–Trinajstić information content (AvgIpc) is 2.54. The first kappa shape index (κ1) is 15.9. The molecule has 0 bridgehead atoms. The van der Waals surface area contributed by atoms with Gasteiger partial charge in [-0.05, 0) is 12.1 Å². The van der Waals surface area contributed by atoms with E-state index in [1.54, 1.807) is 12.1 Å². The third-order valence-corrected chi connectivity index (χ3v) is 4.23. The fraction of sp³-hybridized carbons (Fsp3) is 0.438. The fourth-order valence-electron chi connectivity index (χ4n) is 2.17. The number of hydrogen-bond acceptors (Lipinski definition) is 4. The lowest BCUT2D eigenvalue weighted by Gasteiger charge is -2.26. The molecule has 1 aliphatic heterocycles. The van der Waals surface area contributed by atoms with Gasteiger partial charge in [0.25, 0.3) is 5.91 Å². The van der Waals surface area contributed by atoms with Gasteiger partial charge >= 0.3 is 0 Å². The number of nitrogens with zero attached hydrogens (tertiary/aromatic N) is 1. The van der Waals surface area contributed by atoms with Crippen molar-refractivity contribution in [1.82, 2.24) is 10.2 Å². The molecule has 112 valence electrons. The lowest BCUT2D eigenvalue weighted by Crippen LogP contribution is -2.39. The highest BCUT2D eigenvalue weighted by atomic mass is 32.2. The highest BCUT2D eigenvalue weighted by Gasteiger charge is 2.12. The van der Waals surface area contributed by atoms with Crippen molar-refractivity contribution in [3.63, 3.8) is 0 Å². The number of aliphatic hydroxyl groups is 1. The third kappa shape index (κ3) is 5.09. The van der Waals surface area contributed by atoms with E-state index in [9.17, 15) is 4.79 Å². The van der Waals surface area contributed by atoms with Gasteiger partial charge in [0.15, 0.2) is 0 Å². The van der Waals surface area contributed by atoms with E-state index < -0.39 is 0 Å². The van der Waals surface area contributed by atoms with Crippen molar-refractivity contribution in [3.8, 4) is 11.8 Å². The van der Waals surface area contributed by atoms with E-state index >= 15 is 0 Å². The summed E-state index contributed by atoms with van der Waals surface area (Å²) in [6.45, 7) is 3.52. The Morgan fingerprint density at radius 1 is 1.33 bits per heavy atom. The number of carbonyl (C=O) groups is 1. The predicted octanol–water partition coefficient (Wildman–Crippen LogP) is 0.809. The van der Waals surface area contributed by atoms with Gasteiger partial charge in [0.1, 0.15) is 6.61 Å². The minimum atomic E-state index is -0.205. The Kier molecular flexibility index (Phi) is 6.61. The maximum absolute atomic E-state index is 12.2. The summed E-state index contributed by atoms with van der Waals surface area (Å²) >= 11 is 1.98. The van der Waals surface area contributed by atoms with Gasteiger partial charge in [-0.15, -0.1) is 0 Å². The molecule has 0 atom stereocenters. The summed E-state index contributed by atoms with van der Waals surface area (Å²) in [4.78, 5) is 14.6. The maximum atomic E-state index is 12.2. The smallest absolute Gasteiger partial charge is 0.252 e. The summed E-state index contributed by atoms with van der Waals surface area (Å²) in [6, 6.07) is 7.21. The molecule has 0 radical (unpaired) electrons. The van der Waals surface area contributed by atoms with E-state index in [1.807, 2.05) is 23.9 Å². The average molecular weight is 304 g/mol. The molecule has 4 nitrogen and oxygen atoms in total. The highest BCUT2D eigenvalue weighted by Crippen LogP contribution is 2.09. The number of benzene rings is 1. The molecule has 5 heteroatoms. The summed E-state index contributed by atoms with van der Waals surface area (Å²) in [5, 5.41) is 11.7. The Labute approximate surface area is 129 Å². The van der Waals surface area contributed by atoms with E-state index in [2.05, 4.69) is 22.1 Å². The van der Waals surface area contributed by atoms with Crippen LogP contribution in [-0.2, 0) is 0 Å². The van der Waals surface area contributed by atoms with Crippen LogP contribution in [0.5, 0.6) is 0 Å². The summed E-state index contributed by atoms with van der Waals surface area (Å²) < 4.78 is 0. The second-order valence-electron chi connectivity index (χ2n) is 4.72. The lowest BCUT2D eigenvalue weighted by molar-refractivity contribution is 0.0948. The first-order valence-corrected chi connectivity index (χ1v) is 8.24. The van der Waals surface area contributed by atoms with Crippen LogP contribution < -0.4 is 5.32 Å². The molecule has 2 N–H and O–H groups in total. The Morgan fingerprint density at radius 2 is 2.10 bits per heavy atom. The highest BCUT2D eigenvalue weighted by molar-refractivity contribution is 7.99. The molecule has 21 heavy (non-hydrogen) atoms. The molecule has 0 spiro atoms. The van der Waals surface area contributed by atoms with E-state index in [1.165, 1.54) is 11.5 Å². The van der Waals surface area contributed by atoms with Crippen molar-refractivity contribution in [2.45, 2.75) is 0 Å². The van der Waals surface area contributed by atoms with E-state index in [4.69, 9.17) is 5.11 Å². The first-order valence-electron chi connectivity index (χ1n) is 7.08. The van der Waals surface area contributed by atoms with Crippen LogP contribution in [0.4, 0.5) is 0 Å². The number of aliphatic hydroxyl groups excluding tert-OH is 1. The predicted molar refractivity (Wildman–Crippen MR) is 86.5 cm³/mol. The van der Waals surface area contributed by atoms with Crippen molar-refractivity contribution in [1.29, 1.82) is 0 Å². The van der Waals surface area contributed by atoms with Gasteiger partial charge < -0.3 is 10.4 Å². The lowest BCUT2D eigenvalue weighted by atomic mass is 10.1. The minimum Gasteiger partial charge on any atom is -0.384 e. The van der Waals surface area contributed by atoms with Crippen LogP contribution in [0, 0.1) is 11.8 Å². The van der Waals surface area contributed by atoms with Gasteiger partial charge in [-0.25, -0.2) is 0 Å². The van der Waals surface area contributed by atoms with E-state index in [0.29, 0.717) is 17.7 Å². The molecule has 0 aromatic heterocycles. The number of carbonyl (C=O) groups excluding carboxylic acids is 1. The molecule has 0 unspecified atom stereocenters. The third-order valence-electron chi connectivity index (χ3n) is 3.29. The number of rotatable bonds is 4. The summed E-state index contributed by atoms with van der Waals surface area (Å²) in [5.41, 5.74) is 1.21. The topological polar surface area (TPSA) is 52.6 Å². The van der Waals surface area contributed by atoms with Gasteiger partial charge in [0.2, 0.25) is 0 Å². The second kappa shape index (κ2) is 8.73. The molecule has 1 aromatic carbocycles. The maximum Gasteiger partial charge on any atom is 0.252 e. The SMILES string of the molecule is O=C(NCCN1CCSCC1)c1ccccc1C#CCO. The molecule has 2 rings (SSSR count). The zero-order valence-corrected chi connectivity index (χ0v) is 12.8. The molecular weight excluding hydrogens is 284 g/mol. The largest absolute Gasteiger partial charge is 0.384 e. The van der Waals surface area contributed by atoms with Crippen molar-refractivity contribution < 1.29 is 9.90 Å². The first-order chi connectivity index (χ1) is 10.3. The van der Waals surface area contributed by atoms with Crippen LogP contribution in [0.15, 0.2) is 24.3 Å². The van der Waals surface area contributed by atoms with Crippen molar-refractivity contribution in [2.75, 3.05) is 44.3 Å².